The Morgan fingerprint density at radius 3 is 2.79 bits per heavy atom. The van der Waals surface area contributed by atoms with Gasteiger partial charge in [0.2, 0.25) is 0 Å². The van der Waals surface area contributed by atoms with Crippen LogP contribution in [0.4, 0.5) is 0 Å². The Morgan fingerprint density at radius 2 is 2.16 bits per heavy atom. The SMILES string of the molecule is CNC(C)Cc1cnc(CC2CCS(=O)(=O)CC2)o1. The number of hydrogen-bond acceptors (Lipinski definition) is 5. The minimum absolute atomic E-state index is 0.308. The highest BCUT2D eigenvalue weighted by Gasteiger charge is 2.25. The number of nitrogens with one attached hydrogen (secondary N) is 1. The fourth-order valence-corrected chi connectivity index (χ4v) is 3.92. The Hall–Kier alpha value is -0.880. The molecule has 1 aromatic rings. The maximum Gasteiger partial charge on any atom is 0.194 e. The third kappa shape index (κ3) is 4.31. The maximum absolute atomic E-state index is 11.4. The molecule has 2 rings (SSSR count). The van der Waals surface area contributed by atoms with Crippen LogP contribution in [0.25, 0.3) is 0 Å². The average molecular weight is 286 g/mol. The Morgan fingerprint density at radius 1 is 1.47 bits per heavy atom. The number of likely N-dealkylation sites (N-methyl/N-ethyl adjacent to an activating group) is 1. The van der Waals surface area contributed by atoms with Crippen molar-refractivity contribution in [2.24, 2.45) is 5.92 Å². The number of nitrogens with zero attached hydrogens (tertiary/aromatic N) is 1. The zero-order valence-electron chi connectivity index (χ0n) is 11.6. The number of hydrogen-bond donors (Lipinski definition) is 1. The summed E-state index contributed by atoms with van der Waals surface area (Å²) >= 11 is 0. The lowest BCUT2D eigenvalue weighted by Gasteiger charge is -2.20. The van der Waals surface area contributed by atoms with E-state index in [1.807, 2.05) is 7.05 Å². The maximum atomic E-state index is 11.4. The number of rotatable bonds is 5. The molecule has 0 spiro atoms. The van der Waals surface area contributed by atoms with Crippen LogP contribution in [0.2, 0.25) is 0 Å². The lowest BCUT2D eigenvalue weighted by atomic mass is 9.99. The lowest BCUT2D eigenvalue weighted by molar-refractivity contribution is 0.379. The van der Waals surface area contributed by atoms with Gasteiger partial charge in [-0.3, -0.25) is 0 Å². The van der Waals surface area contributed by atoms with Crippen molar-refractivity contribution in [2.45, 2.75) is 38.6 Å². The monoisotopic (exact) mass is 286 g/mol. The van der Waals surface area contributed by atoms with Gasteiger partial charge in [0.05, 0.1) is 17.7 Å². The predicted molar refractivity (Wildman–Crippen MR) is 73.8 cm³/mol. The van der Waals surface area contributed by atoms with Crippen molar-refractivity contribution < 1.29 is 12.8 Å². The van der Waals surface area contributed by atoms with Crippen LogP contribution >= 0.6 is 0 Å². The summed E-state index contributed by atoms with van der Waals surface area (Å²) in [7, 11) is -0.860. The van der Waals surface area contributed by atoms with Crippen molar-refractivity contribution in [2.75, 3.05) is 18.6 Å². The number of oxazole rings is 1. The van der Waals surface area contributed by atoms with E-state index in [9.17, 15) is 8.42 Å². The molecular weight excluding hydrogens is 264 g/mol. The van der Waals surface area contributed by atoms with Crippen molar-refractivity contribution in [1.82, 2.24) is 10.3 Å². The molecule has 0 radical (unpaired) electrons. The van der Waals surface area contributed by atoms with E-state index in [1.54, 1.807) is 6.20 Å². The molecule has 1 aromatic heterocycles. The van der Waals surface area contributed by atoms with Crippen LogP contribution < -0.4 is 5.32 Å². The molecule has 1 aliphatic heterocycles. The number of aromatic nitrogens is 1. The third-order valence-corrected chi connectivity index (χ3v) is 5.45. The highest BCUT2D eigenvalue weighted by Crippen LogP contribution is 2.23. The topological polar surface area (TPSA) is 72.2 Å². The van der Waals surface area contributed by atoms with Gasteiger partial charge >= 0.3 is 0 Å². The molecule has 1 saturated heterocycles. The zero-order valence-corrected chi connectivity index (χ0v) is 12.4. The van der Waals surface area contributed by atoms with Crippen molar-refractivity contribution in [1.29, 1.82) is 0 Å². The van der Waals surface area contributed by atoms with Gasteiger partial charge in [-0.05, 0) is 32.7 Å². The molecule has 5 nitrogen and oxygen atoms in total. The first-order valence-electron chi connectivity index (χ1n) is 6.80. The normalized spacial score (nSPS) is 21.4. The molecule has 108 valence electrons. The molecule has 1 N–H and O–H groups in total. The molecule has 0 bridgehead atoms. The van der Waals surface area contributed by atoms with E-state index in [0.29, 0.717) is 23.5 Å². The van der Waals surface area contributed by atoms with Gasteiger partial charge in [-0.1, -0.05) is 0 Å². The van der Waals surface area contributed by atoms with E-state index in [1.165, 1.54) is 0 Å². The molecule has 0 saturated carbocycles. The third-order valence-electron chi connectivity index (χ3n) is 3.74. The second-order valence-electron chi connectivity index (χ2n) is 5.41. The molecule has 0 aliphatic carbocycles. The highest BCUT2D eigenvalue weighted by atomic mass is 32.2. The molecule has 6 heteroatoms. The summed E-state index contributed by atoms with van der Waals surface area (Å²) in [5.41, 5.74) is 0. The molecule has 0 aromatic carbocycles. The summed E-state index contributed by atoms with van der Waals surface area (Å²) in [5.74, 6) is 2.63. The van der Waals surface area contributed by atoms with Gasteiger partial charge in [-0.2, -0.15) is 0 Å². The van der Waals surface area contributed by atoms with E-state index < -0.39 is 9.84 Å². The molecule has 2 heterocycles. The Balaban J connectivity index is 1.87. The quantitative estimate of drug-likeness (QED) is 0.880. The summed E-state index contributed by atoms with van der Waals surface area (Å²) < 4.78 is 28.4. The summed E-state index contributed by atoms with van der Waals surface area (Å²) in [4.78, 5) is 4.29. The van der Waals surface area contributed by atoms with Gasteiger partial charge < -0.3 is 9.73 Å². The first-order chi connectivity index (χ1) is 8.98. The smallest absolute Gasteiger partial charge is 0.194 e. The second-order valence-corrected chi connectivity index (χ2v) is 7.72. The van der Waals surface area contributed by atoms with Gasteiger partial charge in [-0.15, -0.1) is 0 Å². The van der Waals surface area contributed by atoms with Gasteiger partial charge in [0.15, 0.2) is 5.89 Å². The van der Waals surface area contributed by atoms with Crippen molar-refractivity contribution in [3.63, 3.8) is 0 Å². The summed E-state index contributed by atoms with van der Waals surface area (Å²) in [5, 5.41) is 3.16. The predicted octanol–water partition coefficient (Wildman–Crippen LogP) is 1.19. The van der Waals surface area contributed by atoms with Gasteiger partial charge in [-0.25, -0.2) is 13.4 Å². The van der Waals surface area contributed by atoms with Crippen LogP contribution in [-0.4, -0.2) is 38.0 Å². The Labute approximate surface area is 114 Å². The molecular formula is C13H22N2O3S. The minimum atomic E-state index is -2.78. The van der Waals surface area contributed by atoms with Crippen molar-refractivity contribution >= 4 is 9.84 Å². The summed E-state index contributed by atoms with van der Waals surface area (Å²) in [6.07, 6.45) is 4.81. The minimum Gasteiger partial charge on any atom is -0.446 e. The summed E-state index contributed by atoms with van der Waals surface area (Å²) in [6.45, 7) is 2.09. The van der Waals surface area contributed by atoms with E-state index in [4.69, 9.17) is 4.42 Å². The molecule has 1 fully saturated rings. The fraction of sp³-hybridized carbons (Fsp3) is 0.769. The van der Waals surface area contributed by atoms with Gasteiger partial charge in [0, 0.05) is 18.9 Å². The Bertz CT molecular complexity index is 496. The van der Waals surface area contributed by atoms with Crippen LogP contribution in [0, 0.1) is 5.92 Å². The largest absolute Gasteiger partial charge is 0.446 e. The first-order valence-corrected chi connectivity index (χ1v) is 8.62. The molecule has 0 amide bonds. The molecule has 1 unspecified atom stereocenters. The Kier molecular flexibility index (Phi) is 4.62. The van der Waals surface area contributed by atoms with Crippen LogP contribution in [0.15, 0.2) is 10.6 Å². The van der Waals surface area contributed by atoms with Crippen LogP contribution in [0.3, 0.4) is 0 Å². The van der Waals surface area contributed by atoms with Gasteiger partial charge in [0.25, 0.3) is 0 Å². The average Bonchev–Trinajstić information content (AvgIpc) is 2.79. The summed E-state index contributed by atoms with van der Waals surface area (Å²) in [6, 6.07) is 0.362. The van der Waals surface area contributed by atoms with E-state index >= 15 is 0 Å². The van der Waals surface area contributed by atoms with Crippen LogP contribution in [-0.2, 0) is 22.7 Å². The van der Waals surface area contributed by atoms with E-state index in [-0.39, 0.29) is 0 Å². The highest BCUT2D eigenvalue weighted by molar-refractivity contribution is 7.91. The fourth-order valence-electron chi connectivity index (χ4n) is 2.33. The second kappa shape index (κ2) is 6.05. The van der Waals surface area contributed by atoms with Gasteiger partial charge in [0.1, 0.15) is 15.6 Å². The number of sulfone groups is 1. The van der Waals surface area contributed by atoms with Crippen molar-refractivity contribution in [3.8, 4) is 0 Å². The molecule has 1 aliphatic rings. The molecule has 1 atom stereocenters. The van der Waals surface area contributed by atoms with E-state index in [2.05, 4.69) is 17.2 Å². The van der Waals surface area contributed by atoms with E-state index in [0.717, 1.165) is 37.3 Å². The first kappa shape index (κ1) is 14.5. The standard InChI is InChI=1S/C13H22N2O3S/c1-10(14-2)7-12-9-15-13(18-12)8-11-3-5-19(16,17)6-4-11/h9-11,14H,3-8H2,1-2H3. The van der Waals surface area contributed by atoms with Crippen LogP contribution in [0.1, 0.15) is 31.4 Å². The van der Waals surface area contributed by atoms with Crippen molar-refractivity contribution in [3.05, 3.63) is 17.8 Å². The zero-order chi connectivity index (χ0) is 13.9. The molecule has 19 heavy (non-hydrogen) atoms. The lowest BCUT2D eigenvalue weighted by Crippen LogP contribution is -2.24. The van der Waals surface area contributed by atoms with Crippen LogP contribution in [0.5, 0.6) is 0 Å².